The van der Waals surface area contributed by atoms with Crippen LogP contribution in [0.5, 0.6) is 0 Å². The van der Waals surface area contributed by atoms with Crippen molar-refractivity contribution in [3.8, 4) is 0 Å². The number of nitrogens with one attached hydrogen (secondary N) is 2. The molecule has 0 fully saturated rings. The third-order valence-electron chi connectivity index (χ3n) is 3.10. The highest BCUT2D eigenvalue weighted by atomic mass is 35.5. The molecule has 0 bridgehead atoms. The summed E-state index contributed by atoms with van der Waals surface area (Å²) in [5.41, 5.74) is -0.342. The van der Waals surface area contributed by atoms with Gasteiger partial charge in [-0.25, -0.2) is 4.79 Å². The van der Waals surface area contributed by atoms with Gasteiger partial charge in [-0.15, -0.1) is 11.3 Å². The highest BCUT2D eigenvalue weighted by Crippen LogP contribution is 2.27. The van der Waals surface area contributed by atoms with Gasteiger partial charge in [0.2, 0.25) is 0 Å². The predicted octanol–water partition coefficient (Wildman–Crippen LogP) is 3.65. The number of hydrogen-bond donors (Lipinski definition) is 3. The van der Waals surface area contributed by atoms with E-state index in [1.165, 1.54) is 11.3 Å². The van der Waals surface area contributed by atoms with Crippen molar-refractivity contribution in [3.63, 3.8) is 0 Å². The Morgan fingerprint density at radius 1 is 1.33 bits per heavy atom. The molecule has 1 heterocycles. The number of aliphatic carboxylic acids is 1. The Hall–Kier alpha value is -1.27. The summed E-state index contributed by atoms with van der Waals surface area (Å²) in [6, 6.07) is 2.62. The van der Waals surface area contributed by atoms with Crippen molar-refractivity contribution in [1.82, 2.24) is 10.6 Å². The number of urea groups is 1. The summed E-state index contributed by atoms with van der Waals surface area (Å²) < 4.78 is 0.664. The molecule has 7 heteroatoms. The summed E-state index contributed by atoms with van der Waals surface area (Å²) in [7, 11) is 0. The number of halogens is 1. The standard InChI is InChI=1S/C14H21ClN2O3S/c1-8(9-5-6-11(15)21-9)16-13(20)17-10(7-12(18)19)14(2,3)4/h5-6,8,10H,7H2,1-4H3,(H,18,19)(H2,16,17,20). The summed E-state index contributed by atoms with van der Waals surface area (Å²) in [6.07, 6.45) is -0.115. The van der Waals surface area contributed by atoms with Crippen LogP contribution in [0.2, 0.25) is 4.34 Å². The molecule has 0 aliphatic rings. The minimum absolute atomic E-state index is 0.115. The Bertz CT molecular complexity index is 511. The van der Waals surface area contributed by atoms with Gasteiger partial charge in [-0.05, 0) is 24.5 Å². The molecule has 0 aliphatic carbocycles. The van der Waals surface area contributed by atoms with E-state index in [1.54, 1.807) is 6.07 Å². The Labute approximate surface area is 133 Å². The van der Waals surface area contributed by atoms with Gasteiger partial charge in [-0.3, -0.25) is 4.79 Å². The van der Waals surface area contributed by atoms with Crippen LogP contribution in [0.15, 0.2) is 12.1 Å². The van der Waals surface area contributed by atoms with Gasteiger partial charge in [0.25, 0.3) is 0 Å². The normalized spacial score (nSPS) is 14.3. The molecule has 0 radical (unpaired) electrons. The summed E-state index contributed by atoms with van der Waals surface area (Å²) in [6.45, 7) is 7.53. The summed E-state index contributed by atoms with van der Waals surface area (Å²) in [5.74, 6) is -0.937. The van der Waals surface area contributed by atoms with Gasteiger partial charge in [0.15, 0.2) is 0 Å². The summed E-state index contributed by atoms with van der Waals surface area (Å²) >= 11 is 7.27. The maximum Gasteiger partial charge on any atom is 0.315 e. The van der Waals surface area contributed by atoms with E-state index in [4.69, 9.17) is 16.7 Å². The molecule has 3 N–H and O–H groups in total. The summed E-state index contributed by atoms with van der Waals surface area (Å²) in [5, 5.41) is 14.5. The molecule has 21 heavy (non-hydrogen) atoms. The molecular weight excluding hydrogens is 312 g/mol. The molecule has 0 aliphatic heterocycles. The number of amides is 2. The first kappa shape index (κ1) is 17.8. The Balaban J connectivity index is 2.63. The monoisotopic (exact) mass is 332 g/mol. The fraction of sp³-hybridized carbons (Fsp3) is 0.571. The van der Waals surface area contributed by atoms with E-state index in [1.807, 2.05) is 33.8 Å². The van der Waals surface area contributed by atoms with Crippen LogP contribution < -0.4 is 10.6 Å². The zero-order valence-corrected chi connectivity index (χ0v) is 14.1. The first-order valence-electron chi connectivity index (χ1n) is 6.63. The maximum absolute atomic E-state index is 12.0. The lowest BCUT2D eigenvalue weighted by Gasteiger charge is -2.30. The minimum atomic E-state index is -0.937. The zero-order valence-electron chi connectivity index (χ0n) is 12.6. The van der Waals surface area contributed by atoms with E-state index >= 15 is 0 Å². The Morgan fingerprint density at radius 2 is 1.95 bits per heavy atom. The van der Waals surface area contributed by atoms with Gasteiger partial charge < -0.3 is 15.7 Å². The third kappa shape index (κ3) is 5.93. The number of hydrogen-bond acceptors (Lipinski definition) is 3. The highest BCUT2D eigenvalue weighted by Gasteiger charge is 2.28. The van der Waals surface area contributed by atoms with E-state index in [0.717, 1.165) is 4.88 Å². The molecule has 1 aromatic heterocycles. The SMILES string of the molecule is CC(NC(=O)NC(CC(=O)O)C(C)(C)C)c1ccc(Cl)s1. The average molecular weight is 333 g/mol. The number of rotatable bonds is 5. The first-order chi connectivity index (χ1) is 9.59. The van der Waals surface area contributed by atoms with Gasteiger partial charge in [0.1, 0.15) is 0 Å². The minimum Gasteiger partial charge on any atom is -0.481 e. The average Bonchev–Trinajstić information content (AvgIpc) is 2.73. The molecule has 0 saturated heterocycles. The van der Waals surface area contributed by atoms with Crippen LogP contribution in [0.3, 0.4) is 0 Å². The molecule has 2 unspecified atom stereocenters. The molecule has 2 amide bonds. The van der Waals surface area contributed by atoms with Gasteiger partial charge in [-0.2, -0.15) is 0 Å². The first-order valence-corrected chi connectivity index (χ1v) is 7.83. The molecule has 0 aromatic carbocycles. The van der Waals surface area contributed by atoms with E-state index in [-0.39, 0.29) is 23.9 Å². The highest BCUT2D eigenvalue weighted by molar-refractivity contribution is 7.16. The molecular formula is C14H21ClN2O3S. The van der Waals surface area contributed by atoms with E-state index in [9.17, 15) is 9.59 Å². The van der Waals surface area contributed by atoms with Crippen molar-refractivity contribution < 1.29 is 14.7 Å². The quantitative estimate of drug-likeness (QED) is 0.770. The van der Waals surface area contributed by atoms with Crippen molar-refractivity contribution in [1.29, 1.82) is 0 Å². The van der Waals surface area contributed by atoms with Gasteiger partial charge in [-0.1, -0.05) is 32.4 Å². The second kappa shape index (κ2) is 7.13. The largest absolute Gasteiger partial charge is 0.481 e. The van der Waals surface area contributed by atoms with Crippen LogP contribution in [-0.4, -0.2) is 23.1 Å². The lowest BCUT2D eigenvalue weighted by molar-refractivity contribution is -0.138. The Kier molecular flexibility index (Phi) is 6.04. The van der Waals surface area contributed by atoms with Crippen molar-refractivity contribution in [2.24, 2.45) is 5.41 Å². The van der Waals surface area contributed by atoms with Crippen molar-refractivity contribution in [2.45, 2.75) is 46.2 Å². The smallest absolute Gasteiger partial charge is 0.315 e. The maximum atomic E-state index is 12.0. The lowest BCUT2D eigenvalue weighted by atomic mass is 9.85. The number of carbonyl (C=O) groups excluding carboxylic acids is 1. The van der Waals surface area contributed by atoms with Crippen molar-refractivity contribution in [2.75, 3.05) is 0 Å². The fourth-order valence-corrected chi connectivity index (χ4v) is 2.84. The molecule has 118 valence electrons. The molecule has 5 nitrogen and oxygen atoms in total. The van der Waals surface area contributed by atoms with Crippen LogP contribution in [-0.2, 0) is 4.79 Å². The van der Waals surface area contributed by atoms with Gasteiger partial charge in [0.05, 0.1) is 16.8 Å². The molecule has 2 atom stereocenters. The number of thiophene rings is 1. The Morgan fingerprint density at radius 3 is 2.38 bits per heavy atom. The number of carboxylic acids is 1. The topological polar surface area (TPSA) is 78.4 Å². The van der Waals surface area contributed by atoms with Crippen molar-refractivity contribution >= 4 is 34.9 Å². The predicted molar refractivity (Wildman–Crippen MR) is 84.9 cm³/mol. The lowest BCUT2D eigenvalue weighted by Crippen LogP contribution is -2.49. The molecule has 0 saturated carbocycles. The van der Waals surface area contributed by atoms with Gasteiger partial charge >= 0.3 is 12.0 Å². The molecule has 0 spiro atoms. The number of carbonyl (C=O) groups is 2. The third-order valence-corrected chi connectivity index (χ3v) is 4.51. The fourth-order valence-electron chi connectivity index (χ4n) is 1.78. The van der Waals surface area contributed by atoms with Gasteiger partial charge in [0, 0.05) is 10.9 Å². The van der Waals surface area contributed by atoms with Crippen molar-refractivity contribution in [3.05, 3.63) is 21.3 Å². The van der Waals surface area contributed by atoms with E-state index in [0.29, 0.717) is 4.34 Å². The van der Waals surface area contributed by atoms with Crippen LogP contribution in [0.25, 0.3) is 0 Å². The van der Waals surface area contributed by atoms with E-state index in [2.05, 4.69) is 10.6 Å². The number of carboxylic acid groups (broad SMARTS) is 1. The second-order valence-corrected chi connectivity index (χ2v) is 7.74. The van der Waals surface area contributed by atoms with Crippen LogP contribution in [0.1, 0.15) is 45.0 Å². The van der Waals surface area contributed by atoms with Crippen LogP contribution in [0.4, 0.5) is 4.79 Å². The molecule has 1 rings (SSSR count). The molecule has 1 aromatic rings. The summed E-state index contributed by atoms with van der Waals surface area (Å²) in [4.78, 5) is 23.9. The van der Waals surface area contributed by atoms with Crippen LogP contribution in [0, 0.1) is 5.41 Å². The van der Waals surface area contributed by atoms with E-state index < -0.39 is 12.0 Å². The zero-order chi connectivity index (χ0) is 16.2. The second-order valence-electron chi connectivity index (χ2n) is 6.00. The van der Waals surface area contributed by atoms with Crippen LogP contribution >= 0.6 is 22.9 Å².